The van der Waals surface area contributed by atoms with Crippen LogP contribution in [0.4, 0.5) is 0 Å². The van der Waals surface area contributed by atoms with Crippen molar-refractivity contribution in [2.75, 3.05) is 6.54 Å². The molecule has 1 aromatic carbocycles. The van der Waals surface area contributed by atoms with Gasteiger partial charge in [-0.2, -0.15) is 0 Å². The molecular weight excluding hydrogens is 274 g/mol. The van der Waals surface area contributed by atoms with E-state index in [4.69, 9.17) is 0 Å². The van der Waals surface area contributed by atoms with Crippen molar-refractivity contribution in [2.24, 2.45) is 0 Å². The van der Waals surface area contributed by atoms with Gasteiger partial charge in [0.05, 0.1) is 5.56 Å². The van der Waals surface area contributed by atoms with Gasteiger partial charge in [0.25, 0.3) is 5.91 Å². The third-order valence-corrected chi connectivity index (χ3v) is 4.29. The summed E-state index contributed by atoms with van der Waals surface area (Å²) in [5.41, 5.74) is 1.55. The van der Waals surface area contributed by atoms with E-state index in [9.17, 15) is 4.79 Å². The molecule has 22 heavy (non-hydrogen) atoms. The summed E-state index contributed by atoms with van der Waals surface area (Å²) < 4.78 is 0. The molecule has 1 aliphatic heterocycles. The predicted molar refractivity (Wildman–Crippen MR) is 86.4 cm³/mol. The average molecular weight is 295 g/mol. The molecule has 0 N–H and O–H groups in total. The zero-order valence-corrected chi connectivity index (χ0v) is 12.9. The van der Waals surface area contributed by atoms with Crippen LogP contribution in [0.25, 0.3) is 11.4 Å². The first kappa shape index (κ1) is 14.7. The van der Waals surface area contributed by atoms with E-state index in [2.05, 4.69) is 16.9 Å². The van der Waals surface area contributed by atoms with E-state index in [-0.39, 0.29) is 5.91 Å². The maximum Gasteiger partial charge on any atom is 0.257 e. The molecular formula is C18H21N3O. The fourth-order valence-electron chi connectivity index (χ4n) is 3.03. The second-order valence-electron chi connectivity index (χ2n) is 5.72. The molecule has 1 aromatic heterocycles. The molecule has 4 nitrogen and oxygen atoms in total. The van der Waals surface area contributed by atoms with Crippen LogP contribution in [0.3, 0.4) is 0 Å². The molecule has 0 aliphatic carbocycles. The number of amides is 1. The number of benzene rings is 1. The molecule has 0 bridgehead atoms. The van der Waals surface area contributed by atoms with E-state index >= 15 is 0 Å². The predicted octanol–water partition coefficient (Wildman–Crippen LogP) is 3.55. The summed E-state index contributed by atoms with van der Waals surface area (Å²) in [7, 11) is 0. The van der Waals surface area contributed by atoms with Gasteiger partial charge < -0.3 is 4.90 Å². The largest absolute Gasteiger partial charge is 0.336 e. The van der Waals surface area contributed by atoms with Crippen molar-refractivity contribution in [3.05, 3.63) is 48.3 Å². The molecule has 0 saturated carbocycles. The highest BCUT2D eigenvalue weighted by Gasteiger charge is 2.26. The number of likely N-dealkylation sites (tertiary alicyclic amines) is 1. The molecule has 4 heteroatoms. The van der Waals surface area contributed by atoms with Gasteiger partial charge >= 0.3 is 0 Å². The van der Waals surface area contributed by atoms with E-state index in [1.165, 1.54) is 6.42 Å². The lowest BCUT2D eigenvalue weighted by atomic mass is 9.99. The minimum atomic E-state index is 0.0613. The maximum absolute atomic E-state index is 12.7. The number of rotatable bonds is 3. The number of piperidine rings is 1. The van der Waals surface area contributed by atoms with Gasteiger partial charge in [-0.25, -0.2) is 9.97 Å². The summed E-state index contributed by atoms with van der Waals surface area (Å²) in [5.74, 6) is 0.717. The Labute approximate surface area is 131 Å². The molecule has 0 spiro atoms. The van der Waals surface area contributed by atoms with Crippen molar-refractivity contribution in [3.63, 3.8) is 0 Å². The molecule has 1 saturated heterocycles. The van der Waals surface area contributed by atoms with Gasteiger partial charge in [0.2, 0.25) is 0 Å². The molecule has 0 radical (unpaired) electrons. The Bertz CT molecular complexity index is 625. The third-order valence-electron chi connectivity index (χ3n) is 4.29. The standard InChI is InChI=1S/C18H21N3O/c1-2-16-10-6-7-11-21(16)18(22)15-12-19-17(20-13-15)14-8-4-3-5-9-14/h3-5,8-9,12-13,16H,2,6-7,10-11H2,1H3/t16-/m0/s1. The number of hydrogen-bond acceptors (Lipinski definition) is 3. The summed E-state index contributed by atoms with van der Waals surface area (Å²) in [6.45, 7) is 2.99. The molecule has 2 heterocycles. The normalized spacial score (nSPS) is 18.2. The quantitative estimate of drug-likeness (QED) is 0.870. The van der Waals surface area contributed by atoms with Crippen LogP contribution in [-0.2, 0) is 0 Å². The summed E-state index contributed by atoms with van der Waals surface area (Å²) in [5, 5.41) is 0. The monoisotopic (exact) mass is 295 g/mol. The minimum Gasteiger partial charge on any atom is -0.336 e. The van der Waals surface area contributed by atoms with Crippen LogP contribution in [-0.4, -0.2) is 33.4 Å². The summed E-state index contributed by atoms with van der Waals surface area (Å²) in [4.78, 5) is 23.4. The van der Waals surface area contributed by atoms with Crippen molar-refractivity contribution >= 4 is 5.91 Å². The summed E-state index contributed by atoms with van der Waals surface area (Å²) in [6.07, 6.45) is 7.72. The average Bonchev–Trinajstić information content (AvgIpc) is 2.62. The van der Waals surface area contributed by atoms with Gasteiger partial charge in [-0.3, -0.25) is 4.79 Å². The van der Waals surface area contributed by atoms with Crippen molar-refractivity contribution < 1.29 is 4.79 Å². The zero-order valence-electron chi connectivity index (χ0n) is 12.9. The molecule has 1 aliphatic rings. The van der Waals surface area contributed by atoms with E-state index < -0.39 is 0 Å². The van der Waals surface area contributed by atoms with Gasteiger partial charge in [0.15, 0.2) is 5.82 Å². The molecule has 0 unspecified atom stereocenters. The topological polar surface area (TPSA) is 46.1 Å². The maximum atomic E-state index is 12.7. The number of nitrogens with zero attached hydrogens (tertiary/aromatic N) is 3. The Morgan fingerprint density at radius 1 is 1.18 bits per heavy atom. The van der Waals surface area contributed by atoms with Gasteiger partial charge in [0, 0.05) is 30.5 Å². The van der Waals surface area contributed by atoms with E-state index in [0.29, 0.717) is 17.4 Å². The van der Waals surface area contributed by atoms with Gasteiger partial charge in [-0.1, -0.05) is 37.3 Å². The van der Waals surface area contributed by atoms with Crippen LogP contribution in [0.1, 0.15) is 43.0 Å². The van der Waals surface area contributed by atoms with Crippen LogP contribution >= 0.6 is 0 Å². The Balaban J connectivity index is 1.79. The highest BCUT2D eigenvalue weighted by Crippen LogP contribution is 2.22. The van der Waals surface area contributed by atoms with Crippen LogP contribution in [0.5, 0.6) is 0 Å². The second-order valence-corrected chi connectivity index (χ2v) is 5.72. The molecule has 3 rings (SSSR count). The summed E-state index contributed by atoms with van der Waals surface area (Å²) >= 11 is 0. The van der Waals surface area contributed by atoms with Crippen LogP contribution < -0.4 is 0 Å². The summed E-state index contributed by atoms with van der Waals surface area (Å²) in [6, 6.07) is 10.2. The Hall–Kier alpha value is -2.23. The lowest BCUT2D eigenvalue weighted by Gasteiger charge is -2.35. The number of carbonyl (C=O) groups excluding carboxylic acids is 1. The fraction of sp³-hybridized carbons (Fsp3) is 0.389. The first-order valence-corrected chi connectivity index (χ1v) is 7.98. The van der Waals surface area contributed by atoms with E-state index in [1.807, 2.05) is 35.2 Å². The molecule has 114 valence electrons. The molecule has 1 fully saturated rings. The van der Waals surface area contributed by atoms with Crippen molar-refractivity contribution in [1.82, 2.24) is 14.9 Å². The Morgan fingerprint density at radius 2 is 1.91 bits per heavy atom. The SMILES string of the molecule is CC[C@H]1CCCCN1C(=O)c1cnc(-c2ccccc2)nc1. The van der Waals surface area contributed by atoms with Crippen LogP contribution in [0, 0.1) is 0 Å². The Kier molecular flexibility index (Phi) is 4.47. The zero-order chi connectivity index (χ0) is 15.4. The van der Waals surface area contributed by atoms with E-state index in [0.717, 1.165) is 31.4 Å². The lowest BCUT2D eigenvalue weighted by molar-refractivity contribution is 0.0607. The van der Waals surface area contributed by atoms with Crippen LogP contribution in [0.15, 0.2) is 42.7 Å². The Morgan fingerprint density at radius 3 is 2.59 bits per heavy atom. The van der Waals surface area contributed by atoms with Crippen molar-refractivity contribution in [3.8, 4) is 11.4 Å². The second kappa shape index (κ2) is 6.69. The number of carbonyl (C=O) groups is 1. The first-order chi connectivity index (χ1) is 10.8. The van der Waals surface area contributed by atoms with Gasteiger partial charge in [-0.15, -0.1) is 0 Å². The van der Waals surface area contributed by atoms with Crippen molar-refractivity contribution in [2.45, 2.75) is 38.6 Å². The smallest absolute Gasteiger partial charge is 0.257 e. The van der Waals surface area contributed by atoms with Gasteiger partial charge in [-0.05, 0) is 25.7 Å². The highest BCUT2D eigenvalue weighted by molar-refractivity contribution is 5.94. The molecule has 1 atom stereocenters. The number of aromatic nitrogens is 2. The minimum absolute atomic E-state index is 0.0613. The molecule has 2 aromatic rings. The highest BCUT2D eigenvalue weighted by atomic mass is 16.2. The van der Waals surface area contributed by atoms with Crippen molar-refractivity contribution in [1.29, 1.82) is 0 Å². The fourth-order valence-corrected chi connectivity index (χ4v) is 3.03. The van der Waals surface area contributed by atoms with E-state index in [1.54, 1.807) is 12.4 Å². The third kappa shape index (κ3) is 3.01. The first-order valence-electron chi connectivity index (χ1n) is 7.98. The molecule has 1 amide bonds. The van der Waals surface area contributed by atoms with Gasteiger partial charge in [0.1, 0.15) is 0 Å². The number of hydrogen-bond donors (Lipinski definition) is 0. The lowest BCUT2D eigenvalue weighted by Crippen LogP contribution is -2.43. The van der Waals surface area contributed by atoms with Crippen LogP contribution in [0.2, 0.25) is 0 Å².